The second kappa shape index (κ2) is 5.35. The lowest BCUT2D eigenvalue weighted by molar-refractivity contribution is 0.0721. The highest BCUT2D eigenvalue weighted by Gasteiger charge is 2.26. The van der Waals surface area contributed by atoms with Gasteiger partial charge in [0, 0.05) is 18.3 Å². The van der Waals surface area contributed by atoms with Gasteiger partial charge in [-0.3, -0.25) is 9.59 Å². The highest BCUT2D eigenvalue weighted by molar-refractivity contribution is 5.95. The van der Waals surface area contributed by atoms with Crippen LogP contribution in [0.5, 0.6) is 5.75 Å². The Balaban J connectivity index is 1.89. The molecule has 1 aliphatic rings. The van der Waals surface area contributed by atoms with E-state index in [4.69, 9.17) is 4.74 Å². The molecule has 0 radical (unpaired) electrons. The quantitative estimate of drug-likeness (QED) is 0.861. The maximum Gasteiger partial charge on any atom is 0.276 e. The topological polar surface area (TPSA) is 88.2 Å². The van der Waals surface area contributed by atoms with E-state index in [0.717, 1.165) is 0 Å². The van der Waals surface area contributed by atoms with Gasteiger partial charge in [-0.05, 0) is 18.6 Å². The molecule has 1 amide bonds. The highest BCUT2D eigenvalue weighted by atomic mass is 16.5. The molecule has 0 fully saturated rings. The van der Waals surface area contributed by atoms with Gasteiger partial charge in [-0.25, -0.2) is 9.97 Å². The van der Waals surface area contributed by atoms with Crippen LogP contribution >= 0.6 is 0 Å². The van der Waals surface area contributed by atoms with Gasteiger partial charge in [0.15, 0.2) is 5.69 Å². The number of fused-ring (bicyclic) bond motifs is 1. The van der Waals surface area contributed by atoms with Crippen molar-refractivity contribution in [3.63, 3.8) is 0 Å². The Labute approximate surface area is 120 Å². The molecular formula is C14H14N4O3. The zero-order valence-corrected chi connectivity index (χ0v) is 11.5. The van der Waals surface area contributed by atoms with Crippen molar-refractivity contribution in [3.05, 3.63) is 52.0 Å². The molecule has 0 atom stereocenters. The lowest BCUT2D eigenvalue weighted by atomic mass is 10.1. The van der Waals surface area contributed by atoms with Crippen molar-refractivity contribution in [1.29, 1.82) is 0 Å². The summed E-state index contributed by atoms with van der Waals surface area (Å²) in [6, 6.07) is 3.41. The van der Waals surface area contributed by atoms with E-state index in [1.165, 1.54) is 13.4 Å². The molecule has 2 aromatic rings. The summed E-state index contributed by atoms with van der Waals surface area (Å²) in [6.45, 7) is 0.762. The fraction of sp³-hybridized carbons (Fsp3) is 0.286. The molecule has 0 aromatic carbocycles. The minimum atomic E-state index is -0.222. The smallest absolute Gasteiger partial charge is 0.276 e. The normalized spacial score (nSPS) is 13.7. The van der Waals surface area contributed by atoms with Crippen molar-refractivity contribution in [2.24, 2.45) is 0 Å². The van der Waals surface area contributed by atoms with Crippen LogP contribution in [0.3, 0.4) is 0 Å². The van der Waals surface area contributed by atoms with Crippen LogP contribution < -0.4 is 10.3 Å². The molecule has 0 spiro atoms. The first-order valence-electron chi connectivity index (χ1n) is 6.54. The molecule has 3 heterocycles. The lowest BCUT2D eigenvalue weighted by Gasteiger charge is -2.27. The molecule has 108 valence electrons. The Hall–Kier alpha value is -2.70. The number of nitrogens with zero attached hydrogens (tertiary/aromatic N) is 3. The van der Waals surface area contributed by atoms with Gasteiger partial charge < -0.3 is 14.6 Å². The Bertz CT molecular complexity index is 741. The van der Waals surface area contributed by atoms with Gasteiger partial charge in [0.1, 0.15) is 5.75 Å². The molecule has 0 aliphatic carbocycles. The summed E-state index contributed by atoms with van der Waals surface area (Å²) in [5.41, 5.74) is 1.42. The molecule has 7 heteroatoms. The minimum Gasteiger partial charge on any atom is -0.494 e. The number of methoxy groups -OCH3 is 1. The maximum absolute atomic E-state index is 12.5. The van der Waals surface area contributed by atoms with Crippen LogP contribution in [0.25, 0.3) is 0 Å². The van der Waals surface area contributed by atoms with Gasteiger partial charge in [0.05, 0.1) is 25.7 Å². The largest absolute Gasteiger partial charge is 0.494 e. The third-order valence-electron chi connectivity index (χ3n) is 3.49. The molecule has 21 heavy (non-hydrogen) atoms. The number of ether oxygens (including phenoxy) is 1. The van der Waals surface area contributed by atoms with Crippen LogP contribution in [0.1, 0.15) is 21.7 Å². The SMILES string of the molecule is COc1cccnc1C(=O)N1CCc2c(nc[nH]c2=O)C1. The summed E-state index contributed by atoms with van der Waals surface area (Å²) in [7, 11) is 1.50. The van der Waals surface area contributed by atoms with E-state index in [9.17, 15) is 9.59 Å². The van der Waals surface area contributed by atoms with Crippen LogP contribution in [0.2, 0.25) is 0 Å². The van der Waals surface area contributed by atoms with E-state index in [2.05, 4.69) is 15.0 Å². The highest BCUT2D eigenvalue weighted by Crippen LogP contribution is 2.20. The first-order chi connectivity index (χ1) is 10.2. The number of hydrogen-bond acceptors (Lipinski definition) is 5. The van der Waals surface area contributed by atoms with Gasteiger partial charge in [0.2, 0.25) is 0 Å². The molecule has 1 aliphatic heterocycles. The Kier molecular flexibility index (Phi) is 3.39. The second-order valence-corrected chi connectivity index (χ2v) is 4.69. The Morgan fingerprint density at radius 1 is 1.43 bits per heavy atom. The van der Waals surface area contributed by atoms with Crippen molar-refractivity contribution in [2.45, 2.75) is 13.0 Å². The average molecular weight is 286 g/mol. The summed E-state index contributed by atoms with van der Waals surface area (Å²) in [6.07, 6.45) is 3.40. The zero-order chi connectivity index (χ0) is 14.8. The van der Waals surface area contributed by atoms with E-state index in [1.807, 2.05) is 0 Å². The number of aromatic amines is 1. The molecule has 0 bridgehead atoms. The number of carbonyl (C=O) groups excluding carboxylic acids is 1. The summed E-state index contributed by atoms with van der Waals surface area (Å²) in [5.74, 6) is 0.215. The van der Waals surface area contributed by atoms with Crippen molar-refractivity contribution < 1.29 is 9.53 Å². The van der Waals surface area contributed by atoms with Gasteiger partial charge in [-0.1, -0.05) is 0 Å². The number of aromatic nitrogens is 3. The van der Waals surface area contributed by atoms with Crippen LogP contribution in [0.15, 0.2) is 29.5 Å². The predicted octanol–water partition coefficient (Wildman–Crippen LogP) is 0.372. The standard InChI is InChI=1S/C14H14N4O3/c1-21-11-3-2-5-15-12(11)14(20)18-6-4-9-10(7-18)16-8-17-13(9)19/h2-3,5,8H,4,6-7H2,1H3,(H,16,17,19). The number of rotatable bonds is 2. The first-order valence-corrected chi connectivity index (χ1v) is 6.54. The van der Waals surface area contributed by atoms with E-state index >= 15 is 0 Å². The molecule has 1 N–H and O–H groups in total. The number of carbonyl (C=O) groups is 1. The molecular weight excluding hydrogens is 272 g/mol. The summed E-state index contributed by atoms with van der Waals surface area (Å²) >= 11 is 0. The van der Waals surface area contributed by atoms with Gasteiger partial charge in [-0.2, -0.15) is 0 Å². The Morgan fingerprint density at radius 2 is 2.29 bits per heavy atom. The van der Waals surface area contributed by atoms with E-state index < -0.39 is 0 Å². The second-order valence-electron chi connectivity index (χ2n) is 4.69. The van der Waals surface area contributed by atoms with Crippen molar-refractivity contribution in [3.8, 4) is 5.75 Å². The van der Waals surface area contributed by atoms with Crippen LogP contribution in [-0.2, 0) is 13.0 Å². The molecule has 0 saturated heterocycles. The predicted molar refractivity (Wildman–Crippen MR) is 74.1 cm³/mol. The zero-order valence-electron chi connectivity index (χ0n) is 11.5. The van der Waals surface area contributed by atoms with Gasteiger partial charge >= 0.3 is 0 Å². The fourth-order valence-corrected chi connectivity index (χ4v) is 2.40. The van der Waals surface area contributed by atoms with E-state index in [1.54, 1.807) is 23.2 Å². The van der Waals surface area contributed by atoms with Crippen LogP contribution in [0, 0.1) is 0 Å². The van der Waals surface area contributed by atoms with Crippen LogP contribution in [0.4, 0.5) is 0 Å². The maximum atomic E-state index is 12.5. The monoisotopic (exact) mass is 286 g/mol. The molecule has 0 saturated carbocycles. The summed E-state index contributed by atoms with van der Waals surface area (Å²) < 4.78 is 5.17. The lowest BCUT2D eigenvalue weighted by Crippen LogP contribution is -2.39. The number of nitrogens with one attached hydrogen (secondary N) is 1. The first kappa shape index (κ1) is 13.3. The van der Waals surface area contributed by atoms with Crippen LogP contribution in [-0.4, -0.2) is 39.4 Å². The number of amides is 1. The molecule has 3 rings (SSSR count). The fourth-order valence-electron chi connectivity index (χ4n) is 2.40. The number of pyridine rings is 1. The summed E-state index contributed by atoms with van der Waals surface area (Å²) in [4.78, 5) is 36.6. The van der Waals surface area contributed by atoms with Gasteiger partial charge in [-0.15, -0.1) is 0 Å². The van der Waals surface area contributed by atoms with Crippen molar-refractivity contribution in [2.75, 3.05) is 13.7 Å². The molecule has 2 aromatic heterocycles. The molecule has 7 nitrogen and oxygen atoms in total. The van der Waals surface area contributed by atoms with E-state index in [-0.39, 0.29) is 17.2 Å². The average Bonchev–Trinajstić information content (AvgIpc) is 2.54. The third-order valence-corrected chi connectivity index (χ3v) is 3.49. The summed E-state index contributed by atoms with van der Waals surface area (Å²) in [5, 5.41) is 0. The number of hydrogen-bond donors (Lipinski definition) is 1. The van der Waals surface area contributed by atoms with E-state index in [0.29, 0.717) is 36.5 Å². The van der Waals surface area contributed by atoms with Gasteiger partial charge in [0.25, 0.3) is 11.5 Å². The third kappa shape index (κ3) is 2.37. The number of H-pyrrole nitrogens is 1. The Morgan fingerprint density at radius 3 is 3.10 bits per heavy atom. The molecule has 0 unspecified atom stereocenters. The minimum absolute atomic E-state index is 0.137. The van der Waals surface area contributed by atoms with Crippen molar-refractivity contribution in [1.82, 2.24) is 19.9 Å². The van der Waals surface area contributed by atoms with Crippen molar-refractivity contribution >= 4 is 5.91 Å².